The molecule has 0 bridgehead atoms. The highest BCUT2D eigenvalue weighted by Gasteiger charge is 2.31. The minimum atomic E-state index is -0.964. The normalized spacial score (nSPS) is 18.7. The Bertz CT molecular complexity index is 435. The maximum Gasteiger partial charge on any atom is 0.424 e. The largest absolute Gasteiger partial charge is 0.480 e. The molecule has 0 aliphatic carbocycles. The van der Waals surface area contributed by atoms with Crippen molar-refractivity contribution in [3.8, 4) is 0 Å². The predicted octanol–water partition coefficient (Wildman–Crippen LogP) is 0.987. The monoisotopic (exact) mass is 250 g/mol. The van der Waals surface area contributed by atoms with Crippen molar-refractivity contribution in [2.45, 2.75) is 19.1 Å². The molecule has 96 valence electrons. The first-order valence-electron chi connectivity index (χ1n) is 5.64. The molecule has 1 heterocycles. The summed E-state index contributed by atoms with van der Waals surface area (Å²) in [6.07, 6.45) is -0.168. The molecular weight excluding hydrogens is 236 g/mol. The highest BCUT2D eigenvalue weighted by Crippen LogP contribution is 2.09. The second-order valence-corrected chi connectivity index (χ2v) is 4.00. The zero-order chi connectivity index (χ0) is 13.0. The van der Waals surface area contributed by atoms with Gasteiger partial charge in [0.15, 0.2) is 0 Å². The Hall–Kier alpha value is -2.08. The summed E-state index contributed by atoms with van der Waals surface area (Å²) < 4.78 is 5.07. The Labute approximate surface area is 104 Å². The molecule has 0 aromatic heterocycles. The summed E-state index contributed by atoms with van der Waals surface area (Å²) in [5, 5.41) is 9.98. The number of ether oxygens (including phenoxy) is 1. The lowest BCUT2D eigenvalue weighted by Crippen LogP contribution is -2.43. The maximum absolute atomic E-state index is 11.6. The van der Waals surface area contributed by atoms with E-state index in [1.807, 2.05) is 30.3 Å². The molecule has 1 atom stereocenters. The van der Waals surface area contributed by atoms with Gasteiger partial charge < -0.3 is 9.84 Å². The summed E-state index contributed by atoms with van der Waals surface area (Å²) in [5.41, 5.74) is 3.47. The molecule has 18 heavy (non-hydrogen) atoms. The quantitative estimate of drug-likeness (QED) is 0.836. The van der Waals surface area contributed by atoms with Crippen LogP contribution >= 0.6 is 0 Å². The first kappa shape index (κ1) is 12.4. The van der Waals surface area contributed by atoms with Gasteiger partial charge in [-0.1, -0.05) is 30.3 Å². The van der Waals surface area contributed by atoms with E-state index >= 15 is 0 Å². The van der Waals surface area contributed by atoms with Crippen LogP contribution in [0.2, 0.25) is 0 Å². The van der Waals surface area contributed by atoms with Gasteiger partial charge in [0, 0.05) is 6.54 Å². The second-order valence-electron chi connectivity index (χ2n) is 4.00. The molecule has 1 aromatic carbocycles. The number of carbonyl (C=O) groups excluding carboxylic acids is 1. The number of nitrogens with zero attached hydrogens (tertiary/aromatic N) is 1. The highest BCUT2D eigenvalue weighted by molar-refractivity contribution is 5.75. The van der Waals surface area contributed by atoms with E-state index in [1.54, 1.807) is 0 Å². The fourth-order valence-corrected chi connectivity index (χ4v) is 1.70. The Morgan fingerprint density at radius 3 is 2.72 bits per heavy atom. The number of hydrogen-bond donors (Lipinski definition) is 2. The number of nitrogens with one attached hydrogen (secondary N) is 1. The van der Waals surface area contributed by atoms with E-state index in [0.717, 1.165) is 5.56 Å². The standard InChI is InChI=1S/C12H14N2O4/c15-11(16)10-6-7-14(13-10)12(17)18-8-9-4-2-1-3-5-9/h1-5,10,13H,6-8H2,(H,15,16)/t10-/m0/s1. The zero-order valence-corrected chi connectivity index (χ0v) is 9.70. The second kappa shape index (κ2) is 5.50. The number of benzene rings is 1. The van der Waals surface area contributed by atoms with Crippen molar-refractivity contribution in [1.82, 2.24) is 10.4 Å². The van der Waals surface area contributed by atoms with E-state index in [4.69, 9.17) is 9.84 Å². The van der Waals surface area contributed by atoms with Gasteiger partial charge in [-0.25, -0.2) is 15.2 Å². The number of carboxylic acids is 1. The summed E-state index contributed by atoms with van der Waals surface area (Å²) in [7, 11) is 0. The van der Waals surface area contributed by atoms with E-state index in [9.17, 15) is 9.59 Å². The van der Waals surface area contributed by atoms with E-state index < -0.39 is 18.1 Å². The van der Waals surface area contributed by atoms with E-state index in [-0.39, 0.29) is 6.61 Å². The predicted molar refractivity (Wildman–Crippen MR) is 62.5 cm³/mol. The number of hydrazine groups is 1. The molecule has 1 amide bonds. The van der Waals surface area contributed by atoms with Gasteiger partial charge in [-0.3, -0.25) is 4.79 Å². The van der Waals surface area contributed by atoms with Crippen LogP contribution in [0, 0.1) is 0 Å². The Balaban J connectivity index is 1.81. The van der Waals surface area contributed by atoms with E-state index in [0.29, 0.717) is 13.0 Å². The lowest BCUT2D eigenvalue weighted by molar-refractivity contribution is -0.139. The minimum Gasteiger partial charge on any atom is -0.480 e. The average Bonchev–Trinajstić information content (AvgIpc) is 2.87. The van der Waals surface area contributed by atoms with Gasteiger partial charge in [0.2, 0.25) is 0 Å². The van der Waals surface area contributed by atoms with Gasteiger partial charge >= 0.3 is 12.1 Å². The highest BCUT2D eigenvalue weighted by atomic mass is 16.6. The molecule has 0 spiro atoms. The van der Waals surface area contributed by atoms with Crippen molar-refractivity contribution in [2.24, 2.45) is 0 Å². The molecule has 2 rings (SSSR count). The third-order valence-corrected chi connectivity index (χ3v) is 2.68. The number of hydrogen-bond acceptors (Lipinski definition) is 4. The Morgan fingerprint density at radius 2 is 2.11 bits per heavy atom. The molecule has 0 unspecified atom stereocenters. The third-order valence-electron chi connectivity index (χ3n) is 2.68. The van der Waals surface area contributed by atoms with Crippen LogP contribution in [0.15, 0.2) is 30.3 Å². The van der Waals surface area contributed by atoms with Crippen molar-refractivity contribution in [2.75, 3.05) is 6.54 Å². The van der Waals surface area contributed by atoms with Crippen LogP contribution in [-0.4, -0.2) is 34.8 Å². The first-order valence-corrected chi connectivity index (χ1v) is 5.64. The van der Waals surface area contributed by atoms with Crippen LogP contribution in [-0.2, 0) is 16.1 Å². The van der Waals surface area contributed by atoms with Crippen molar-refractivity contribution >= 4 is 12.1 Å². The molecular formula is C12H14N2O4. The van der Waals surface area contributed by atoms with Gasteiger partial charge in [-0.05, 0) is 12.0 Å². The zero-order valence-electron chi connectivity index (χ0n) is 9.70. The topological polar surface area (TPSA) is 78.9 Å². The van der Waals surface area contributed by atoms with Gasteiger partial charge in [0.1, 0.15) is 12.6 Å². The Kier molecular flexibility index (Phi) is 3.78. The van der Waals surface area contributed by atoms with Gasteiger partial charge in [0.25, 0.3) is 0 Å². The molecule has 0 saturated carbocycles. The Morgan fingerprint density at radius 1 is 1.39 bits per heavy atom. The smallest absolute Gasteiger partial charge is 0.424 e. The lowest BCUT2D eigenvalue weighted by Gasteiger charge is -2.16. The van der Waals surface area contributed by atoms with Gasteiger partial charge in [-0.15, -0.1) is 0 Å². The first-order chi connectivity index (χ1) is 8.66. The average molecular weight is 250 g/mol. The number of aliphatic carboxylic acids is 1. The fraction of sp³-hybridized carbons (Fsp3) is 0.333. The summed E-state index contributed by atoms with van der Waals surface area (Å²) >= 11 is 0. The number of rotatable bonds is 3. The van der Waals surface area contributed by atoms with Crippen molar-refractivity contribution in [1.29, 1.82) is 0 Å². The molecule has 1 fully saturated rings. The molecule has 0 radical (unpaired) electrons. The van der Waals surface area contributed by atoms with Crippen LogP contribution in [0.25, 0.3) is 0 Å². The van der Waals surface area contributed by atoms with Crippen LogP contribution < -0.4 is 5.43 Å². The van der Waals surface area contributed by atoms with Crippen molar-refractivity contribution in [3.63, 3.8) is 0 Å². The minimum absolute atomic E-state index is 0.176. The molecule has 1 aliphatic rings. The number of carbonyl (C=O) groups is 2. The summed E-state index contributed by atoms with van der Waals surface area (Å²) in [4.78, 5) is 22.3. The van der Waals surface area contributed by atoms with Crippen LogP contribution in [0.5, 0.6) is 0 Å². The molecule has 2 N–H and O–H groups in total. The van der Waals surface area contributed by atoms with Crippen LogP contribution in [0.3, 0.4) is 0 Å². The molecule has 6 heteroatoms. The molecule has 1 aromatic rings. The van der Waals surface area contributed by atoms with Gasteiger partial charge in [0.05, 0.1) is 0 Å². The van der Waals surface area contributed by atoms with Crippen LogP contribution in [0.1, 0.15) is 12.0 Å². The number of amides is 1. The van der Waals surface area contributed by atoms with Crippen molar-refractivity contribution < 1.29 is 19.4 Å². The lowest BCUT2D eigenvalue weighted by atomic mass is 10.2. The fourth-order valence-electron chi connectivity index (χ4n) is 1.70. The molecule has 1 aliphatic heterocycles. The van der Waals surface area contributed by atoms with E-state index in [1.165, 1.54) is 5.01 Å². The van der Waals surface area contributed by atoms with Crippen LogP contribution in [0.4, 0.5) is 4.79 Å². The molecule has 1 saturated heterocycles. The summed E-state index contributed by atoms with van der Waals surface area (Å²) in [5.74, 6) is -0.964. The van der Waals surface area contributed by atoms with Crippen molar-refractivity contribution in [3.05, 3.63) is 35.9 Å². The van der Waals surface area contributed by atoms with Gasteiger partial charge in [-0.2, -0.15) is 0 Å². The summed E-state index contributed by atoms with van der Waals surface area (Å²) in [6, 6.07) is 8.59. The maximum atomic E-state index is 11.6. The molecule has 6 nitrogen and oxygen atoms in total. The third kappa shape index (κ3) is 2.98. The number of carboxylic acid groups (broad SMARTS) is 1. The summed E-state index contributed by atoms with van der Waals surface area (Å²) in [6.45, 7) is 0.514. The SMILES string of the molecule is O=C(O)[C@@H]1CCN(C(=O)OCc2ccccc2)N1. The van der Waals surface area contributed by atoms with E-state index in [2.05, 4.69) is 5.43 Å².